The molecule has 30 heavy (non-hydrogen) atoms. The van der Waals surface area contributed by atoms with Gasteiger partial charge in [0.25, 0.3) is 11.8 Å². The molecule has 0 unspecified atom stereocenters. The van der Waals surface area contributed by atoms with E-state index in [1.165, 1.54) is 6.42 Å². The zero-order valence-electron chi connectivity index (χ0n) is 16.8. The summed E-state index contributed by atoms with van der Waals surface area (Å²) in [5.41, 5.74) is 2.10. The first-order valence-corrected chi connectivity index (χ1v) is 10.5. The van der Waals surface area contributed by atoms with E-state index >= 15 is 0 Å². The van der Waals surface area contributed by atoms with Crippen molar-refractivity contribution in [3.8, 4) is 5.75 Å². The Kier molecular flexibility index (Phi) is 5.95. The highest BCUT2D eigenvalue weighted by Gasteiger charge is 2.19. The SMILES string of the molecule is COc1ccc2cc(C(=O)Nc3ccc(Cl)c(C(=O)NC4CCCCC4)c3)[nH]c2c1. The Morgan fingerprint density at radius 1 is 1.03 bits per heavy atom. The van der Waals surface area contributed by atoms with Gasteiger partial charge in [-0.1, -0.05) is 30.9 Å². The van der Waals surface area contributed by atoms with Crippen molar-refractivity contribution in [1.29, 1.82) is 0 Å². The van der Waals surface area contributed by atoms with Crippen LogP contribution in [-0.4, -0.2) is 29.9 Å². The van der Waals surface area contributed by atoms with Crippen LogP contribution in [-0.2, 0) is 0 Å². The molecule has 1 aromatic heterocycles. The van der Waals surface area contributed by atoms with Gasteiger partial charge in [-0.25, -0.2) is 0 Å². The number of aromatic amines is 1. The van der Waals surface area contributed by atoms with Crippen molar-refractivity contribution in [2.75, 3.05) is 12.4 Å². The Labute approximate surface area is 179 Å². The quantitative estimate of drug-likeness (QED) is 0.529. The number of benzene rings is 2. The number of H-pyrrole nitrogens is 1. The number of hydrogen-bond acceptors (Lipinski definition) is 3. The molecule has 1 aliphatic carbocycles. The second-order valence-electron chi connectivity index (χ2n) is 7.59. The van der Waals surface area contributed by atoms with E-state index in [1.807, 2.05) is 18.2 Å². The van der Waals surface area contributed by atoms with Gasteiger partial charge in [0.1, 0.15) is 11.4 Å². The molecule has 0 aliphatic heterocycles. The lowest BCUT2D eigenvalue weighted by Crippen LogP contribution is -2.36. The van der Waals surface area contributed by atoms with Crippen LogP contribution < -0.4 is 15.4 Å². The number of rotatable bonds is 5. The van der Waals surface area contributed by atoms with Gasteiger partial charge in [-0.3, -0.25) is 9.59 Å². The topological polar surface area (TPSA) is 83.2 Å². The van der Waals surface area contributed by atoms with Gasteiger partial charge in [0.05, 0.1) is 17.7 Å². The summed E-state index contributed by atoms with van der Waals surface area (Å²) in [6, 6.07) is 12.4. The molecule has 1 fully saturated rings. The van der Waals surface area contributed by atoms with Crippen LogP contribution in [0.5, 0.6) is 5.75 Å². The second-order valence-corrected chi connectivity index (χ2v) is 8.00. The number of fused-ring (bicyclic) bond motifs is 1. The number of halogens is 1. The molecule has 3 aromatic rings. The summed E-state index contributed by atoms with van der Waals surface area (Å²) in [4.78, 5) is 28.5. The van der Waals surface area contributed by atoms with Gasteiger partial charge in [0, 0.05) is 28.7 Å². The van der Waals surface area contributed by atoms with Crippen LogP contribution in [0.1, 0.15) is 53.0 Å². The molecule has 0 atom stereocenters. The van der Waals surface area contributed by atoms with Gasteiger partial charge in [-0.05, 0) is 49.2 Å². The maximum atomic E-state index is 12.7. The molecule has 2 aromatic carbocycles. The van der Waals surface area contributed by atoms with Gasteiger partial charge in [0.2, 0.25) is 0 Å². The molecule has 4 rings (SSSR count). The number of nitrogens with one attached hydrogen (secondary N) is 3. The minimum atomic E-state index is -0.300. The highest BCUT2D eigenvalue weighted by Crippen LogP contribution is 2.25. The first kappa shape index (κ1) is 20.3. The fourth-order valence-electron chi connectivity index (χ4n) is 3.84. The highest BCUT2D eigenvalue weighted by atomic mass is 35.5. The highest BCUT2D eigenvalue weighted by molar-refractivity contribution is 6.34. The van der Waals surface area contributed by atoms with Gasteiger partial charge in [-0.2, -0.15) is 0 Å². The van der Waals surface area contributed by atoms with Crippen molar-refractivity contribution in [3.05, 3.63) is 58.7 Å². The third kappa shape index (κ3) is 4.44. The molecule has 156 valence electrons. The average Bonchev–Trinajstić information content (AvgIpc) is 3.19. The first-order chi connectivity index (χ1) is 14.5. The van der Waals surface area contributed by atoms with Crippen LogP contribution in [0, 0.1) is 0 Å². The molecule has 1 heterocycles. The third-order valence-corrected chi connectivity index (χ3v) is 5.81. The lowest BCUT2D eigenvalue weighted by molar-refractivity contribution is 0.0926. The predicted molar refractivity (Wildman–Crippen MR) is 119 cm³/mol. The minimum Gasteiger partial charge on any atom is -0.497 e. The normalized spacial score (nSPS) is 14.5. The van der Waals surface area contributed by atoms with Gasteiger partial charge in [0.15, 0.2) is 0 Å². The number of amides is 2. The van der Waals surface area contributed by atoms with Crippen LogP contribution in [0.15, 0.2) is 42.5 Å². The molecule has 2 amide bonds. The summed E-state index contributed by atoms with van der Waals surface area (Å²) in [6.07, 6.45) is 5.46. The maximum Gasteiger partial charge on any atom is 0.272 e. The molecular weight excluding hydrogens is 402 g/mol. The van der Waals surface area contributed by atoms with Crippen LogP contribution in [0.2, 0.25) is 5.02 Å². The molecule has 1 saturated carbocycles. The van der Waals surface area contributed by atoms with Crippen LogP contribution >= 0.6 is 11.6 Å². The van der Waals surface area contributed by atoms with E-state index in [0.29, 0.717) is 27.7 Å². The molecule has 0 spiro atoms. The average molecular weight is 426 g/mol. The van der Waals surface area contributed by atoms with E-state index in [2.05, 4.69) is 15.6 Å². The van der Waals surface area contributed by atoms with Crippen molar-refractivity contribution in [1.82, 2.24) is 10.3 Å². The molecule has 0 bridgehead atoms. The summed E-state index contributed by atoms with van der Waals surface area (Å²) >= 11 is 6.25. The van der Waals surface area contributed by atoms with Gasteiger partial charge < -0.3 is 20.4 Å². The molecule has 1 aliphatic rings. The second kappa shape index (κ2) is 8.79. The zero-order chi connectivity index (χ0) is 21.1. The number of carbonyl (C=O) groups excluding carboxylic acids is 2. The van der Waals surface area contributed by atoms with Crippen molar-refractivity contribution < 1.29 is 14.3 Å². The number of anilines is 1. The van der Waals surface area contributed by atoms with E-state index < -0.39 is 0 Å². The van der Waals surface area contributed by atoms with E-state index in [-0.39, 0.29) is 17.9 Å². The largest absolute Gasteiger partial charge is 0.497 e. The van der Waals surface area contributed by atoms with E-state index in [1.54, 1.807) is 31.4 Å². The van der Waals surface area contributed by atoms with E-state index in [0.717, 1.165) is 36.6 Å². The Morgan fingerprint density at radius 3 is 2.60 bits per heavy atom. The lowest BCUT2D eigenvalue weighted by Gasteiger charge is -2.23. The molecule has 0 radical (unpaired) electrons. The Morgan fingerprint density at radius 2 is 1.83 bits per heavy atom. The van der Waals surface area contributed by atoms with Crippen LogP contribution in [0.25, 0.3) is 10.9 Å². The molecule has 6 nitrogen and oxygen atoms in total. The molecule has 0 saturated heterocycles. The smallest absolute Gasteiger partial charge is 0.272 e. The molecule has 3 N–H and O–H groups in total. The molecule has 7 heteroatoms. The predicted octanol–water partition coefficient (Wildman–Crippen LogP) is 5.14. The summed E-state index contributed by atoms with van der Waals surface area (Å²) in [6.45, 7) is 0. The number of ether oxygens (including phenoxy) is 1. The summed E-state index contributed by atoms with van der Waals surface area (Å²) in [5.74, 6) is 0.203. The van der Waals surface area contributed by atoms with E-state index in [4.69, 9.17) is 16.3 Å². The summed E-state index contributed by atoms with van der Waals surface area (Å²) in [7, 11) is 1.60. The minimum absolute atomic E-state index is 0.184. The van der Waals surface area contributed by atoms with Crippen molar-refractivity contribution in [2.24, 2.45) is 0 Å². The standard InChI is InChI=1S/C23H24ClN3O3/c1-30-17-9-7-14-11-21(27-20(14)13-17)23(29)26-16-8-10-19(24)18(12-16)22(28)25-15-5-3-2-4-6-15/h7-13,15,27H,2-6H2,1H3,(H,25,28)(H,26,29). The summed E-state index contributed by atoms with van der Waals surface area (Å²) in [5, 5.41) is 7.16. The molecular formula is C23H24ClN3O3. The third-order valence-electron chi connectivity index (χ3n) is 5.48. The number of hydrogen-bond donors (Lipinski definition) is 3. The fraction of sp³-hybridized carbons (Fsp3) is 0.304. The van der Waals surface area contributed by atoms with Crippen molar-refractivity contribution in [3.63, 3.8) is 0 Å². The lowest BCUT2D eigenvalue weighted by atomic mass is 9.95. The Hall–Kier alpha value is -2.99. The van der Waals surface area contributed by atoms with Gasteiger partial charge in [-0.15, -0.1) is 0 Å². The first-order valence-electron chi connectivity index (χ1n) is 10.1. The summed E-state index contributed by atoms with van der Waals surface area (Å²) < 4.78 is 5.22. The zero-order valence-corrected chi connectivity index (χ0v) is 17.5. The van der Waals surface area contributed by atoms with E-state index in [9.17, 15) is 9.59 Å². The number of carbonyl (C=O) groups is 2. The van der Waals surface area contributed by atoms with Crippen LogP contribution in [0.4, 0.5) is 5.69 Å². The Balaban J connectivity index is 1.49. The monoisotopic (exact) mass is 425 g/mol. The fourth-order valence-corrected chi connectivity index (χ4v) is 4.04. The van der Waals surface area contributed by atoms with Crippen molar-refractivity contribution >= 4 is 40.0 Å². The maximum absolute atomic E-state index is 12.7. The number of methoxy groups -OCH3 is 1. The number of aromatic nitrogens is 1. The van der Waals surface area contributed by atoms with Crippen molar-refractivity contribution in [2.45, 2.75) is 38.1 Å². The van der Waals surface area contributed by atoms with Crippen LogP contribution in [0.3, 0.4) is 0 Å². The Bertz CT molecular complexity index is 1090. The van der Waals surface area contributed by atoms with Gasteiger partial charge >= 0.3 is 0 Å².